The van der Waals surface area contributed by atoms with Crippen LogP contribution in [0.25, 0.3) is 0 Å². The van der Waals surface area contributed by atoms with E-state index in [-0.39, 0.29) is 12.5 Å². The number of nitrogens with zero attached hydrogens (tertiary/aromatic N) is 1. The summed E-state index contributed by atoms with van der Waals surface area (Å²) in [6.07, 6.45) is 1.43. The van der Waals surface area contributed by atoms with Gasteiger partial charge >= 0.3 is 0 Å². The first-order valence-corrected chi connectivity index (χ1v) is 7.28. The molecule has 2 aromatic rings. The molecule has 114 valence electrons. The quantitative estimate of drug-likeness (QED) is 0.666. The monoisotopic (exact) mass is 336 g/mol. The molecule has 0 aromatic heterocycles. The van der Waals surface area contributed by atoms with E-state index in [0.717, 1.165) is 5.56 Å². The fourth-order valence-electron chi connectivity index (χ4n) is 1.69. The van der Waals surface area contributed by atoms with Gasteiger partial charge in [-0.2, -0.15) is 5.10 Å². The van der Waals surface area contributed by atoms with Crippen LogP contribution in [0.4, 0.5) is 0 Å². The normalized spacial score (nSPS) is 10.7. The number of nitrogens with one attached hydrogen (secondary N) is 1. The second-order valence-electron chi connectivity index (χ2n) is 4.49. The predicted molar refractivity (Wildman–Crippen MR) is 88.9 cm³/mol. The van der Waals surface area contributed by atoms with Crippen LogP contribution in [0.2, 0.25) is 10.0 Å². The lowest BCUT2D eigenvalue weighted by Crippen LogP contribution is -2.24. The number of para-hydroxylation sites is 1. The number of halogens is 2. The summed E-state index contributed by atoms with van der Waals surface area (Å²) >= 11 is 11.9. The van der Waals surface area contributed by atoms with Crippen molar-refractivity contribution in [3.8, 4) is 5.75 Å². The van der Waals surface area contributed by atoms with Crippen molar-refractivity contribution < 1.29 is 9.53 Å². The summed E-state index contributed by atoms with van der Waals surface area (Å²) in [5.74, 6) is 0.303. The van der Waals surface area contributed by atoms with E-state index in [1.54, 1.807) is 24.3 Å². The van der Waals surface area contributed by atoms with E-state index in [2.05, 4.69) is 10.5 Å². The van der Waals surface area contributed by atoms with E-state index in [0.29, 0.717) is 21.4 Å². The van der Waals surface area contributed by atoms with Crippen molar-refractivity contribution in [3.63, 3.8) is 0 Å². The minimum absolute atomic E-state index is 0.120. The van der Waals surface area contributed by atoms with Gasteiger partial charge in [-0.1, -0.05) is 53.5 Å². The maximum Gasteiger partial charge on any atom is 0.277 e. The Labute approximate surface area is 138 Å². The molecule has 22 heavy (non-hydrogen) atoms. The second-order valence-corrected chi connectivity index (χ2v) is 5.28. The van der Waals surface area contributed by atoms with Crippen LogP contribution in [0.5, 0.6) is 5.75 Å². The van der Waals surface area contributed by atoms with Gasteiger partial charge in [-0.3, -0.25) is 4.79 Å². The highest BCUT2D eigenvalue weighted by molar-refractivity contribution is 6.43. The molecule has 0 radical (unpaired) electrons. The van der Waals surface area contributed by atoms with Crippen molar-refractivity contribution in [3.05, 3.63) is 63.6 Å². The molecule has 0 bridgehead atoms. The van der Waals surface area contributed by atoms with Gasteiger partial charge in [-0.15, -0.1) is 0 Å². The highest BCUT2D eigenvalue weighted by Gasteiger charge is 2.04. The largest absolute Gasteiger partial charge is 0.483 e. The van der Waals surface area contributed by atoms with Crippen molar-refractivity contribution in [1.29, 1.82) is 0 Å². The van der Waals surface area contributed by atoms with E-state index in [4.69, 9.17) is 27.9 Å². The molecule has 2 rings (SSSR count). The molecule has 2 aromatic carbocycles. The molecule has 0 saturated heterocycles. The number of hydrazone groups is 1. The lowest BCUT2D eigenvalue weighted by Gasteiger charge is -2.07. The van der Waals surface area contributed by atoms with Crippen LogP contribution in [-0.2, 0) is 4.79 Å². The zero-order valence-corrected chi connectivity index (χ0v) is 13.4. The highest BCUT2D eigenvalue weighted by Crippen LogP contribution is 2.24. The number of benzene rings is 2. The van der Waals surface area contributed by atoms with E-state index in [9.17, 15) is 4.79 Å². The van der Waals surface area contributed by atoms with Crippen LogP contribution in [0.15, 0.2) is 47.6 Å². The number of aryl methyl sites for hydroxylation is 1. The maximum atomic E-state index is 11.7. The van der Waals surface area contributed by atoms with Gasteiger partial charge in [0.25, 0.3) is 5.91 Å². The lowest BCUT2D eigenvalue weighted by molar-refractivity contribution is -0.123. The molecule has 0 unspecified atom stereocenters. The van der Waals surface area contributed by atoms with Crippen molar-refractivity contribution in [2.75, 3.05) is 6.61 Å². The molecule has 4 nitrogen and oxygen atoms in total. The predicted octanol–water partition coefficient (Wildman–Crippen LogP) is 3.83. The standard InChI is InChI=1S/C16H14Cl2N2O2/c1-11-5-2-3-8-14(11)22-10-15(21)20-19-9-12-6-4-7-13(17)16(12)18/h2-9H,10H2,1H3,(H,20,21)/b19-9+. The summed E-state index contributed by atoms with van der Waals surface area (Å²) in [7, 11) is 0. The highest BCUT2D eigenvalue weighted by atomic mass is 35.5. The fourth-order valence-corrected chi connectivity index (χ4v) is 2.04. The van der Waals surface area contributed by atoms with Gasteiger partial charge < -0.3 is 4.74 Å². The molecule has 1 N–H and O–H groups in total. The first-order valence-electron chi connectivity index (χ1n) is 6.52. The number of carbonyl (C=O) groups is 1. The van der Waals surface area contributed by atoms with E-state index in [1.165, 1.54) is 6.21 Å². The van der Waals surface area contributed by atoms with Gasteiger partial charge in [0.2, 0.25) is 0 Å². The van der Waals surface area contributed by atoms with Crippen LogP contribution in [0.1, 0.15) is 11.1 Å². The Bertz CT molecular complexity index is 702. The van der Waals surface area contributed by atoms with Crippen molar-refractivity contribution >= 4 is 35.3 Å². The molecular formula is C16H14Cl2N2O2. The zero-order chi connectivity index (χ0) is 15.9. The second kappa shape index (κ2) is 7.82. The van der Waals surface area contributed by atoms with Crippen molar-refractivity contribution in [2.24, 2.45) is 5.10 Å². The zero-order valence-electron chi connectivity index (χ0n) is 11.8. The summed E-state index contributed by atoms with van der Waals surface area (Å²) < 4.78 is 5.41. The Morgan fingerprint density at radius 2 is 2.00 bits per heavy atom. The third kappa shape index (κ3) is 4.48. The summed E-state index contributed by atoms with van der Waals surface area (Å²) in [4.78, 5) is 11.7. The van der Waals surface area contributed by atoms with Gasteiger partial charge in [0.15, 0.2) is 6.61 Å². The van der Waals surface area contributed by atoms with Gasteiger partial charge in [0, 0.05) is 5.56 Å². The van der Waals surface area contributed by atoms with Crippen LogP contribution in [0, 0.1) is 6.92 Å². The Kier molecular flexibility index (Phi) is 5.81. The Morgan fingerprint density at radius 1 is 1.23 bits per heavy atom. The van der Waals surface area contributed by atoms with E-state index in [1.807, 2.05) is 25.1 Å². The molecule has 6 heteroatoms. The number of hydrogen-bond donors (Lipinski definition) is 1. The van der Waals surface area contributed by atoms with Crippen LogP contribution in [-0.4, -0.2) is 18.7 Å². The summed E-state index contributed by atoms with van der Waals surface area (Å²) in [5, 5.41) is 4.65. The molecule has 0 aliphatic carbocycles. The maximum absolute atomic E-state index is 11.7. The number of amides is 1. The first-order chi connectivity index (χ1) is 10.6. The number of ether oxygens (including phenoxy) is 1. The summed E-state index contributed by atoms with van der Waals surface area (Å²) in [6, 6.07) is 12.6. The summed E-state index contributed by atoms with van der Waals surface area (Å²) in [6.45, 7) is 1.79. The summed E-state index contributed by atoms with van der Waals surface area (Å²) in [5.41, 5.74) is 3.95. The molecule has 0 aliphatic rings. The fraction of sp³-hybridized carbons (Fsp3) is 0.125. The molecule has 1 amide bonds. The molecule has 0 saturated carbocycles. The van der Waals surface area contributed by atoms with Crippen LogP contribution >= 0.6 is 23.2 Å². The Balaban J connectivity index is 1.86. The van der Waals surface area contributed by atoms with E-state index < -0.39 is 0 Å². The van der Waals surface area contributed by atoms with Gasteiger partial charge in [-0.25, -0.2) is 5.43 Å². The number of rotatable bonds is 5. The van der Waals surface area contributed by atoms with Crippen LogP contribution in [0.3, 0.4) is 0 Å². The Morgan fingerprint density at radius 3 is 2.77 bits per heavy atom. The minimum Gasteiger partial charge on any atom is -0.483 e. The smallest absolute Gasteiger partial charge is 0.277 e. The molecule has 0 spiro atoms. The molecule has 0 atom stereocenters. The average molecular weight is 337 g/mol. The third-order valence-electron chi connectivity index (χ3n) is 2.83. The van der Waals surface area contributed by atoms with Gasteiger partial charge in [-0.05, 0) is 24.6 Å². The molecule has 0 fully saturated rings. The topological polar surface area (TPSA) is 50.7 Å². The van der Waals surface area contributed by atoms with Crippen molar-refractivity contribution in [2.45, 2.75) is 6.92 Å². The first kappa shape index (κ1) is 16.3. The minimum atomic E-state index is -0.363. The van der Waals surface area contributed by atoms with Gasteiger partial charge in [0.1, 0.15) is 5.75 Å². The molecular weight excluding hydrogens is 323 g/mol. The third-order valence-corrected chi connectivity index (χ3v) is 3.66. The number of carbonyl (C=O) groups excluding carboxylic acids is 1. The van der Waals surface area contributed by atoms with Gasteiger partial charge in [0.05, 0.1) is 16.3 Å². The lowest BCUT2D eigenvalue weighted by atomic mass is 10.2. The van der Waals surface area contributed by atoms with E-state index >= 15 is 0 Å². The average Bonchev–Trinajstić information content (AvgIpc) is 2.51. The van der Waals surface area contributed by atoms with Crippen molar-refractivity contribution in [1.82, 2.24) is 5.43 Å². The number of hydrogen-bond acceptors (Lipinski definition) is 3. The Hall–Kier alpha value is -2.04. The van der Waals surface area contributed by atoms with Crippen LogP contribution < -0.4 is 10.2 Å². The molecule has 0 heterocycles. The SMILES string of the molecule is Cc1ccccc1OCC(=O)N/N=C/c1cccc(Cl)c1Cl. The molecule has 0 aliphatic heterocycles.